The molecule has 1 atom stereocenters. The van der Waals surface area contributed by atoms with E-state index in [-0.39, 0.29) is 102 Å². The molecule has 0 spiro atoms. The van der Waals surface area contributed by atoms with Gasteiger partial charge in [0.25, 0.3) is 0 Å². The highest BCUT2D eigenvalue weighted by molar-refractivity contribution is 5.78. The molecule has 2 aliphatic rings. The Bertz CT molecular complexity index is 1910. The van der Waals surface area contributed by atoms with Crippen LogP contribution in [0.3, 0.4) is 0 Å². The SMILES string of the molecule is CCC(C)(C)C(=O)OC(C)(C)C1CCCC1.CCC(C)(C)C(=O)OC(C)(C)C1CCCCC1.CCC(C)(C)OC(=O)C(C)(C)CC.CCC(C)(CC)OC(=O)C(C)(C)CC.CCC(C)C(=O)OC(C)(C)C.CCCC(C)(C)OC(=O)C(C)(C)CC. The van der Waals surface area contributed by atoms with Gasteiger partial charge in [0.2, 0.25) is 0 Å². The number of hydrogen-bond acceptors (Lipinski definition) is 12. The minimum atomic E-state index is -0.356. The van der Waals surface area contributed by atoms with E-state index in [0.717, 1.165) is 70.6 Å². The van der Waals surface area contributed by atoms with Crippen LogP contribution in [-0.2, 0) is 57.2 Å². The zero-order valence-electron chi connectivity index (χ0n) is 62.3. The summed E-state index contributed by atoms with van der Waals surface area (Å²) in [6.07, 6.45) is 20.7. The predicted molar refractivity (Wildman–Crippen MR) is 355 cm³/mol. The van der Waals surface area contributed by atoms with Crippen molar-refractivity contribution in [1.82, 2.24) is 0 Å². The topological polar surface area (TPSA) is 158 Å². The molecular weight excluding hydrogens is 1070 g/mol. The van der Waals surface area contributed by atoms with Gasteiger partial charge in [0.05, 0.1) is 33.0 Å². The maximum absolute atomic E-state index is 12.1. The van der Waals surface area contributed by atoms with Gasteiger partial charge in [-0.05, 0) is 254 Å². The first-order valence-electron chi connectivity index (χ1n) is 33.7. The summed E-state index contributed by atoms with van der Waals surface area (Å²) in [5.41, 5.74) is -3.65. The van der Waals surface area contributed by atoms with E-state index in [2.05, 4.69) is 48.5 Å². The molecule has 1 unspecified atom stereocenters. The average molecular weight is 1210 g/mol. The molecule has 2 fully saturated rings. The monoisotopic (exact) mass is 1210 g/mol. The fourth-order valence-electron chi connectivity index (χ4n) is 7.89. The molecule has 0 heterocycles. The normalized spacial score (nSPS) is 15.4. The van der Waals surface area contributed by atoms with Gasteiger partial charge in [-0.1, -0.05) is 115 Å². The standard InChI is InChI=1S/C15H28O2.C14H26O2.2C12H24O2.C11H22O2.C9H18O2/c1-6-14(2,3)13(16)17-15(4,5)12-10-8-7-9-11-12;1-6-13(2,3)12(15)16-14(4,5)11-9-7-8-10-11;1-7-9-12(5,6)14-10(13)11(3,4)8-2;1-7-11(4,5)10(13)14-12(6,8-2)9-3;1-7-10(3,4)9(12)13-11(5,6)8-2;1-6-7(2)8(10)11-9(3,4)5/h12H,6-11H2,1-5H3;11H,6-10H2,1-5H3;2*7-9H2,1-6H3;7-8H2,1-6H3;7H,6H2,1-5H3. The predicted octanol–water partition coefficient (Wildman–Crippen LogP) is 20.9. The van der Waals surface area contributed by atoms with Crippen LogP contribution in [0.5, 0.6) is 0 Å². The third-order valence-corrected chi connectivity index (χ3v) is 18.5. The van der Waals surface area contributed by atoms with Crippen LogP contribution < -0.4 is 0 Å². The van der Waals surface area contributed by atoms with Crippen molar-refractivity contribution in [3.63, 3.8) is 0 Å². The Balaban J connectivity index is -0.000000466. The lowest BCUT2D eigenvalue weighted by atomic mass is 9.78. The van der Waals surface area contributed by atoms with Gasteiger partial charge in [0.15, 0.2) is 0 Å². The molecule has 0 amide bonds. The summed E-state index contributed by atoms with van der Waals surface area (Å²) in [6.45, 7) is 65.3. The quantitative estimate of drug-likeness (QED) is 0.0666. The Morgan fingerprint density at radius 3 is 0.859 bits per heavy atom. The molecule has 12 heteroatoms. The van der Waals surface area contributed by atoms with Crippen LogP contribution in [0.1, 0.15) is 357 Å². The molecule has 0 aromatic rings. The summed E-state index contributed by atoms with van der Waals surface area (Å²) in [5.74, 6) is 0.653. The molecule has 2 saturated carbocycles. The maximum Gasteiger partial charge on any atom is 0.312 e. The van der Waals surface area contributed by atoms with Crippen LogP contribution in [0.4, 0.5) is 0 Å². The number of rotatable bonds is 24. The molecule has 0 aromatic heterocycles. The first-order valence-corrected chi connectivity index (χ1v) is 33.7. The molecule has 0 aliphatic heterocycles. The van der Waals surface area contributed by atoms with E-state index >= 15 is 0 Å². The minimum absolute atomic E-state index is 0.0224. The van der Waals surface area contributed by atoms with Crippen molar-refractivity contribution in [3.8, 4) is 0 Å². The fraction of sp³-hybridized carbons (Fsp3) is 0.918. The zero-order chi connectivity index (χ0) is 68.1. The number of hydrogen-bond donors (Lipinski definition) is 0. The number of ether oxygens (including phenoxy) is 6. The first-order chi connectivity index (χ1) is 38.3. The molecule has 0 aromatic carbocycles. The number of esters is 6. The lowest BCUT2D eigenvalue weighted by molar-refractivity contribution is -0.174. The van der Waals surface area contributed by atoms with Gasteiger partial charge in [-0.25, -0.2) is 0 Å². The molecule has 0 saturated heterocycles. The van der Waals surface area contributed by atoms with Gasteiger partial charge in [-0.2, -0.15) is 0 Å². The summed E-state index contributed by atoms with van der Waals surface area (Å²) >= 11 is 0. The van der Waals surface area contributed by atoms with E-state index in [1.807, 2.05) is 180 Å². The summed E-state index contributed by atoms with van der Waals surface area (Å²) in [7, 11) is 0. The van der Waals surface area contributed by atoms with Crippen LogP contribution >= 0.6 is 0 Å². The van der Waals surface area contributed by atoms with Crippen LogP contribution in [0.15, 0.2) is 0 Å². The van der Waals surface area contributed by atoms with E-state index in [1.54, 1.807) is 0 Å². The van der Waals surface area contributed by atoms with Crippen molar-refractivity contribution in [3.05, 3.63) is 0 Å². The van der Waals surface area contributed by atoms with Crippen molar-refractivity contribution in [2.45, 2.75) is 391 Å². The van der Waals surface area contributed by atoms with E-state index in [4.69, 9.17) is 28.4 Å². The fourth-order valence-corrected chi connectivity index (χ4v) is 7.89. The van der Waals surface area contributed by atoms with Crippen LogP contribution in [-0.4, -0.2) is 69.4 Å². The number of carbonyl (C=O) groups excluding carboxylic acids is 6. The lowest BCUT2D eigenvalue weighted by Crippen LogP contribution is -2.41. The van der Waals surface area contributed by atoms with Gasteiger partial charge in [0, 0.05) is 0 Å². The largest absolute Gasteiger partial charge is 0.460 e. The summed E-state index contributed by atoms with van der Waals surface area (Å²) in [5, 5.41) is 0. The Labute approximate surface area is 526 Å². The molecule has 0 radical (unpaired) electrons. The Morgan fingerprint density at radius 2 is 0.612 bits per heavy atom. The molecular formula is C73H142O12. The third kappa shape index (κ3) is 36.2. The summed E-state index contributed by atoms with van der Waals surface area (Å²) < 4.78 is 33.1. The highest BCUT2D eigenvalue weighted by Gasteiger charge is 2.41. The zero-order valence-corrected chi connectivity index (χ0v) is 62.3. The molecule has 0 bridgehead atoms. The second-order valence-corrected chi connectivity index (χ2v) is 31.3. The summed E-state index contributed by atoms with van der Waals surface area (Å²) in [4.78, 5) is 70.6. The first kappa shape index (κ1) is 88.3. The highest BCUT2D eigenvalue weighted by atomic mass is 16.6. The minimum Gasteiger partial charge on any atom is -0.460 e. The van der Waals surface area contributed by atoms with Crippen LogP contribution in [0.2, 0.25) is 0 Å². The average Bonchev–Trinajstić information content (AvgIpc) is 4.22. The van der Waals surface area contributed by atoms with Gasteiger partial charge < -0.3 is 28.4 Å². The Morgan fingerprint density at radius 1 is 0.341 bits per heavy atom. The number of carbonyl (C=O) groups is 6. The van der Waals surface area contributed by atoms with Crippen molar-refractivity contribution in [2.75, 3.05) is 0 Å². The van der Waals surface area contributed by atoms with Crippen LogP contribution in [0.25, 0.3) is 0 Å². The van der Waals surface area contributed by atoms with Crippen molar-refractivity contribution < 1.29 is 57.2 Å². The van der Waals surface area contributed by atoms with E-state index in [9.17, 15) is 28.8 Å². The maximum atomic E-state index is 12.1. The van der Waals surface area contributed by atoms with Crippen molar-refractivity contribution in [1.29, 1.82) is 0 Å². The summed E-state index contributed by atoms with van der Waals surface area (Å²) in [6, 6.07) is 0. The second kappa shape index (κ2) is 38.4. The van der Waals surface area contributed by atoms with Crippen molar-refractivity contribution in [2.24, 2.45) is 44.8 Å². The lowest BCUT2D eigenvalue weighted by Gasteiger charge is -2.38. The Hall–Kier alpha value is -3.18. The second-order valence-electron chi connectivity index (χ2n) is 31.3. The highest BCUT2D eigenvalue weighted by Crippen LogP contribution is 2.39. The smallest absolute Gasteiger partial charge is 0.312 e. The van der Waals surface area contributed by atoms with Crippen molar-refractivity contribution >= 4 is 35.8 Å². The van der Waals surface area contributed by atoms with E-state index < -0.39 is 0 Å². The van der Waals surface area contributed by atoms with E-state index in [1.165, 1.54) is 57.8 Å². The van der Waals surface area contributed by atoms with Gasteiger partial charge in [0.1, 0.15) is 33.6 Å². The molecule has 12 nitrogen and oxygen atoms in total. The molecule has 506 valence electrons. The molecule has 2 rings (SSSR count). The third-order valence-electron chi connectivity index (χ3n) is 18.5. The van der Waals surface area contributed by atoms with Crippen LogP contribution in [0, 0.1) is 44.8 Å². The molecule has 2 aliphatic carbocycles. The van der Waals surface area contributed by atoms with Gasteiger partial charge in [-0.3, -0.25) is 28.8 Å². The Kier molecular flexibility index (Phi) is 39.9. The van der Waals surface area contributed by atoms with Gasteiger partial charge >= 0.3 is 35.8 Å². The van der Waals surface area contributed by atoms with E-state index in [0.29, 0.717) is 11.8 Å². The van der Waals surface area contributed by atoms with Gasteiger partial charge in [-0.15, -0.1) is 0 Å². The molecule has 85 heavy (non-hydrogen) atoms. The molecule has 0 N–H and O–H groups in total.